The lowest BCUT2D eigenvalue weighted by Crippen LogP contribution is -2.31. The predicted octanol–water partition coefficient (Wildman–Crippen LogP) is 2.27. The van der Waals surface area contributed by atoms with Crippen LogP contribution in [-0.4, -0.2) is 52.7 Å². The van der Waals surface area contributed by atoms with Crippen molar-refractivity contribution in [2.75, 3.05) is 31.5 Å². The molecule has 2 aromatic rings. The highest BCUT2D eigenvalue weighted by atomic mass is 35.5. The van der Waals surface area contributed by atoms with Gasteiger partial charge in [-0.3, -0.25) is 14.3 Å². The summed E-state index contributed by atoms with van der Waals surface area (Å²) in [6.07, 6.45) is 3.78. The van der Waals surface area contributed by atoms with Gasteiger partial charge >= 0.3 is 0 Å². The molecule has 3 rings (SSSR count). The molecule has 2 atom stereocenters. The van der Waals surface area contributed by atoms with Crippen LogP contribution in [0.3, 0.4) is 0 Å². The number of carbonyl (C=O) groups is 2. The van der Waals surface area contributed by atoms with Crippen molar-refractivity contribution in [2.24, 2.45) is 13.0 Å². The summed E-state index contributed by atoms with van der Waals surface area (Å²) in [7, 11) is 1.87. The fraction of sp³-hybridized carbons (Fsp3) is 0.450. The third-order valence-electron chi connectivity index (χ3n) is 5.13. The van der Waals surface area contributed by atoms with Gasteiger partial charge in [-0.05, 0) is 37.6 Å². The van der Waals surface area contributed by atoms with Gasteiger partial charge < -0.3 is 15.5 Å². The van der Waals surface area contributed by atoms with Crippen molar-refractivity contribution in [3.63, 3.8) is 0 Å². The Morgan fingerprint density at radius 1 is 1.29 bits per heavy atom. The number of anilines is 1. The summed E-state index contributed by atoms with van der Waals surface area (Å²) in [6, 6.07) is 7.15. The van der Waals surface area contributed by atoms with E-state index in [2.05, 4.69) is 15.7 Å². The number of benzene rings is 1. The van der Waals surface area contributed by atoms with E-state index in [1.807, 2.05) is 39.4 Å². The van der Waals surface area contributed by atoms with Gasteiger partial charge in [0.05, 0.1) is 12.1 Å². The summed E-state index contributed by atoms with van der Waals surface area (Å²) < 4.78 is 1.75. The second-order valence-electron chi connectivity index (χ2n) is 6.87. The molecule has 1 aliphatic heterocycles. The summed E-state index contributed by atoms with van der Waals surface area (Å²) in [4.78, 5) is 27.2. The molecule has 28 heavy (non-hydrogen) atoms. The minimum atomic E-state index is -0.170. The molecule has 7 nitrogen and oxygen atoms in total. The fourth-order valence-electron chi connectivity index (χ4n) is 3.59. The number of nitrogens with one attached hydrogen (secondary N) is 2. The Morgan fingerprint density at radius 2 is 2.04 bits per heavy atom. The van der Waals surface area contributed by atoms with Crippen LogP contribution in [0.5, 0.6) is 0 Å². The number of aryl methyl sites for hydroxylation is 1. The van der Waals surface area contributed by atoms with E-state index in [9.17, 15) is 9.59 Å². The van der Waals surface area contributed by atoms with E-state index in [-0.39, 0.29) is 36.1 Å². The SMILES string of the molecule is CCN(CC)C(=O)c1cccc(NC(=O)[C@H]2CNC[C@@H]2c2cnn(C)c2)c1.Cl. The molecule has 0 unspecified atom stereocenters. The van der Waals surface area contributed by atoms with Crippen molar-refractivity contribution < 1.29 is 9.59 Å². The van der Waals surface area contributed by atoms with E-state index in [1.165, 1.54) is 0 Å². The standard InChI is InChI=1S/C20H27N5O2.ClH/c1-4-25(5-2)20(27)14-7-6-8-16(9-14)23-19(26)18-12-21-11-17(18)15-10-22-24(3)13-15;/h6-10,13,17-18,21H,4-5,11-12H2,1-3H3,(H,23,26);1H/t17-,18+;/m1./s1. The zero-order valence-electron chi connectivity index (χ0n) is 16.5. The van der Waals surface area contributed by atoms with Gasteiger partial charge in [0.1, 0.15) is 0 Å². The van der Waals surface area contributed by atoms with Gasteiger partial charge in [-0.1, -0.05) is 6.07 Å². The molecule has 0 radical (unpaired) electrons. The van der Waals surface area contributed by atoms with Crippen molar-refractivity contribution >= 4 is 29.9 Å². The van der Waals surface area contributed by atoms with Crippen LogP contribution >= 0.6 is 12.4 Å². The van der Waals surface area contributed by atoms with E-state index < -0.39 is 0 Å². The van der Waals surface area contributed by atoms with Gasteiger partial charge in [-0.15, -0.1) is 12.4 Å². The Bertz CT molecular complexity index is 818. The van der Waals surface area contributed by atoms with Crippen LogP contribution in [0.1, 0.15) is 35.7 Å². The average Bonchev–Trinajstić information content (AvgIpc) is 3.31. The van der Waals surface area contributed by atoms with Crippen LogP contribution in [0.4, 0.5) is 5.69 Å². The van der Waals surface area contributed by atoms with Crippen molar-refractivity contribution in [1.29, 1.82) is 0 Å². The molecule has 0 spiro atoms. The maximum atomic E-state index is 12.9. The second-order valence-corrected chi connectivity index (χ2v) is 6.87. The molecular formula is C20H28ClN5O2. The van der Waals surface area contributed by atoms with Gasteiger partial charge in [-0.2, -0.15) is 5.10 Å². The molecule has 1 saturated heterocycles. The first-order chi connectivity index (χ1) is 13.0. The number of carbonyl (C=O) groups excluding carboxylic acids is 2. The highest BCUT2D eigenvalue weighted by Crippen LogP contribution is 2.29. The molecular weight excluding hydrogens is 378 g/mol. The van der Waals surface area contributed by atoms with Crippen LogP contribution < -0.4 is 10.6 Å². The number of halogens is 1. The second kappa shape index (κ2) is 9.71. The Balaban J connectivity index is 0.00000280. The zero-order valence-corrected chi connectivity index (χ0v) is 17.3. The number of hydrogen-bond donors (Lipinski definition) is 2. The highest BCUT2D eigenvalue weighted by Gasteiger charge is 2.34. The van der Waals surface area contributed by atoms with E-state index in [1.54, 1.807) is 27.8 Å². The van der Waals surface area contributed by atoms with E-state index in [0.717, 1.165) is 12.1 Å². The van der Waals surface area contributed by atoms with Crippen LogP contribution in [-0.2, 0) is 11.8 Å². The van der Waals surface area contributed by atoms with Crippen molar-refractivity contribution in [3.05, 3.63) is 47.8 Å². The first kappa shape index (κ1) is 21.9. The summed E-state index contributed by atoms with van der Waals surface area (Å²) >= 11 is 0. The molecule has 0 saturated carbocycles. The smallest absolute Gasteiger partial charge is 0.253 e. The lowest BCUT2D eigenvalue weighted by atomic mass is 9.90. The molecule has 2 N–H and O–H groups in total. The van der Waals surface area contributed by atoms with Gasteiger partial charge in [0.25, 0.3) is 5.91 Å². The Labute approximate surface area is 171 Å². The number of aromatic nitrogens is 2. The van der Waals surface area contributed by atoms with E-state index >= 15 is 0 Å². The Morgan fingerprint density at radius 3 is 2.68 bits per heavy atom. The van der Waals surface area contributed by atoms with E-state index in [4.69, 9.17) is 0 Å². The van der Waals surface area contributed by atoms with Gasteiger partial charge in [-0.25, -0.2) is 0 Å². The molecule has 1 aromatic heterocycles. The lowest BCUT2D eigenvalue weighted by molar-refractivity contribution is -0.119. The summed E-state index contributed by atoms with van der Waals surface area (Å²) in [5.74, 6) is -0.135. The predicted molar refractivity (Wildman–Crippen MR) is 112 cm³/mol. The Hall–Kier alpha value is -2.38. The van der Waals surface area contributed by atoms with Gasteiger partial charge in [0, 0.05) is 56.6 Å². The molecule has 0 aliphatic carbocycles. The third-order valence-corrected chi connectivity index (χ3v) is 5.13. The molecule has 2 heterocycles. The van der Waals surface area contributed by atoms with Crippen molar-refractivity contribution in [1.82, 2.24) is 20.0 Å². The summed E-state index contributed by atoms with van der Waals surface area (Å²) in [6.45, 7) is 6.62. The van der Waals surface area contributed by atoms with Crippen molar-refractivity contribution in [3.8, 4) is 0 Å². The van der Waals surface area contributed by atoms with E-state index in [0.29, 0.717) is 30.9 Å². The minimum Gasteiger partial charge on any atom is -0.339 e. The van der Waals surface area contributed by atoms with Crippen LogP contribution in [0.2, 0.25) is 0 Å². The molecule has 1 aromatic carbocycles. The molecule has 8 heteroatoms. The molecule has 152 valence electrons. The number of hydrogen-bond acceptors (Lipinski definition) is 4. The first-order valence-corrected chi connectivity index (χ1v) is 9.43. The molecule has 0 bridgehead atoms. The topological polar surface area (TPSA) is 79.3 Å². The van der Waals surface area contributed by atoms with Gasteiger partial charge in [0.15, 0.2) is 0 Å². The first-order valence-electron chi connectivity index (χ1n) is 9.43. The van der Waals surface area contributed by atoms with Crippen LogP contribution in [0, 0.1) is 5.92 Å². The van der Waals surface area contributed by atoms with Crippen LogP contribution in [0.15, 0.2) is 36.7 Å². The number of nitrogens with zero attached hydrogens (tertiary/aromatic N) is 3. The fourth-order valence-corrected chi connectivity index (χ4v) is 3.59. The summed E-state index contributed by atoms with van der Waals surface area (Å²) in [5, 5.41) is 10.5. The molecule has 1 fully saturated rings. The summed E-state index contributed by atoms with van der Waals surface area (Å²) in [5.41, 5.74) is 2.30. The molecule has 2 amide bonds. The highest BCUT2D eigenvalue weighted by molar-refractivity contribution is 5.98. The Kier molecular flexibility index (Phi) is 7.60. The van der Waals surface area contributed by atoms with Gasteiger partial charge in [0.2, 0.25) is 5.91 Å². The lowest BCUT2D eigenvalue weighted by Gasteiger charge is -2.20. The average molecular weight is 406 g/mol. The maximum Gasteiger partial charge on any atom is 0.253 e. The molecule has 1 aliphatic rings. The number of amides is 2. The normalized spacial score (nSPS) is 18.4. The zero-order chi connectivity index (χ0) is 19.4. The minimum absolute atomic E-state index is 0. The maximum absolute atomic E-state index is 12.9. The number of rotatable bonds is 6. The van der Waals surface area contributed by atoms with Crippen molar-refractivity contribution in [2.45, 2.75) is 19.8 Å². The van der Waals surface area contributed by atoms with Crippen LogP contribution in [0.25, 0.3) is 0 Å². The quantitative estimate of drug-likeness (QED) is 0.772. The largest absolute Gasteiger partial charge is 0.339 e. The third kappa shape index (κ3) is 4.72. The monoisotopic (exact) mass is 405 g/mol.